The normalized spacial score (nSPS) is 11.2. The highest BCUT2D eigenvalue weighted by Gasteiger charge is 2.18. The number of aromatic nitrogens is 2. The lowest BCUT2D eigenvalue weighted by Crippen LogP contribution is -2.35. The third-order valence-corrected chi connectivity index (χ3v) is 7.61. The number of amides is 2. The van der Waals surface area contributed by atoms with Crippen LogP contribution in [0.2, 0.25) is 0 Å². The van der Waals surface area contributed by atoms with E-state index in [1.54, 1.807) is 18.2 Å². The maximum absolute atomic E-state index is 15.0. The fraction of sp³-hybridized carbons (Fsp3) is 0.161. The summed E-state index contributed by atoms with van der Waals surface area (Å²) in [4.78, 5) is 16.7. The van der Waals surface area contributed by atoms with Gasteiger partial charge in [-0.15, -0.1) is 0 Å². The molecule has 0 fully saturated rings. The van der Waals surface area contributed by atoms with Gasteiger partial charge < -0.3 is 24.1 Å². The average molecular weight is 623 g/mol. The second kappa shape index (κ2) is 13.4. The molecule has 0 radical (unpaired) electrons. The van der Waals surface area contributed by atoms with Crippen molar-refractivity contribution in [3.05, 3.63) is 109 Å². The monoisotopic (exact) mass is 622 g/mol. The first-order valence-corrected chi connectivity index (χ1v) is 15.1. The van der Waals surface area contributed by atoms with Gasteiger partial charge in [0, 0.05) is 48.3 Å². The SMILES string of the molecule is COc1cc2c(Oc3ccc(NC(=O)NS(=O)(=O)Cc4ccc(F)cc4)cc3F)ccnc2cc1OCCCn1cccc1. The molecule has 3 aromatic carbocycles. The van der Waals surface area contributed by atoms with Crippen LogP contribution in [0.25, 0.3) is 10.9 Å². The van der Waals surface area contributed by atoms with Crippen LogP contribution >= 0.6 is 0 Å². The van der Waals surface area contributed by atoms with Crippen molar-refractivity contribution in [2.45, 2.75) is 18.7 Å². The van der Waals surface area contributed by atoms with E-state index in [0.29, 0.717) is 34.8 Å². The summed E-state index contributed by atoms with van der Waals surface area (Å²) in [6.45, 7) is 1.26. The largest absolute Gasteiger partial charge is 0.493 e. The van der Waals surface area contributed by atoms with Crippen LogP contribution in [0.15, 0.2) is 91.4 Å². The number of urea groups is 1. The number of anilines is 1. The van der Waals surface area contributed by atoms with E-state index in [9.17, 15) is 17.6 Å². The Morgan fingerprint density at radius 2 is 1.70 bits per heavy atom. The van der Waals surface area contributed by atoms with Gasteiger partial charge in [-0.2, -0.15) is 0 Å². The predicted molar refractivity (Wildman–Crippen MR) is 160 cm³/mol. The molecule has 228 valence electrons. The Bertz CT molecular complexity index is 1870. The van der Waals surface area contributed by atoms with Crippen LogP contribution in [0.1, 0.15) is 12.0 Å². The number of halogens is 2. The minimum Gasteiger partial charge on any atom is -0.493 e. The van der Waals surface area contributed by atoms with Crippen LogP contribution in [0, 0.1) is 11.6 Å². The molecular formula is C31H28F2N4O6S. The topological polar surface area (TPSA) is 121 Å². The third kappa shape index (κ3) is 7.81. The van der Waals surface area contributed by atoms with Crippen LogP contribution in [0.5, 0.6) is 23.0 Å². The number of nitrogens with one attached hydrogen (secondary N) is 2. The minimum absolute atomic E-state index is 0.0100. The number of methoxy groups -OCH3 is 1. The molecule has 0 unspecified atom stereocenters. The van der Waals surface area contributed by atoms with E-state index in [4.69, 9.17) is 14.2 Å². The Labute approximate surface area is 252 Å². The summed E-state index contributed by atoms with van der Waals surface area (Å²) in [5.74, 6) is -0.745. The average Bonchev–Trinajstić information content (AvgIpc) is 3.51. The first-order valence-electron chi connectivity index (χ1n) is 13.4. The molecule has 44 heavy (non-hydrogen) atoms. The molecule has 5 aromatic rings. The van der Waals surface area contributed by atoms with Gasteiger partial charge in [0.05, 0.1) is 25.0 Å². The van der Waals surface area contributed by atoms with Crippen molar-refractivity contribution >= 4 is 32.6 Å². The molecular weight excluding hydrogens is 594 g/mol. The molecule has 2 aromatic heterocycles. The van der Waals surface area contributed by atoms with Gasteiger partial charge in [0.25, 0.3) is 0 Å². The maximum atomic E-state index is 15.0. The first kappa shape index (κ1) is 30.3. The number of carbonyl (C=O) groups is 1. The molecule has 10 nitrogen and oxygen atoms in total. The molecule has 0 aliphatic rings. The van der Waals surface area contributed by atoms with Gasteiger partial charge in [0.2, 0.25) is 10.0 Å². The molecule has 2 heterocycles. The molecule has 0 aliphatic heterocycles. The van der Waals surface area contributed by atoms with Crippen LogP contribution in [-0.4, -0.2) is 37.7 Å². The summed E-state index contributed by atoms with van der Waals surface area (Å²) in [6.07, 6.45) is 6.27. The lowest BCUT2D eigenvalue weighted by atomic mass is 10.1. The summed E-state index contributed by atoms with van der Waals surface area (Å²) in [5, 5.41) is 2.83. The van der Waals surface area contributed by atoms with E-state index in [2.05, 4.69) is 14.9 Å². The predicted octanol–water partition coefficient (Wildman–Crippen LogP) is 6.24. The lowest BCUT2D eigenvalue weighted by Gasteiger charge is -2.15. The summed E-state index contributed by atoms with van der Waals surface area (Å²) in [5.41, 5.74) is 0.818. The van der Waals surface area contributed by atoms with Gasteiger partial charge in [-0.05, 0) is 60.5 Å². The van der Waals surface area contributed by atoms with Crippen molar-refractivity contribution in [1.82, 2.24) is 14.3 Å². The number of aryl methyl sites for hydroxylation is 1. The number of nitrogens with zero attached hydrogens (tertiary/aromatic N) is 2. The number of benzene rings is 3. The van der Waals surface area contributed by atoms with Crippen LogP contribution in [0.3, 0.4) is 0 Å². The Kier molecular flexibility index (Phi) is 9.24. The Morgan fingerprint density at radius 1 is 0.932 bits per heavy atom. The zero-order chi connectivity index (χ0) is 31.1. The number of fused-ring (bicyclic) bond motifs is 1. The highest BCUT2D eigenvalue weighted by atomic mass is 32.2. The van der Waals surface area contributed by atoms with E-state index in [0.717, 1.165) is 31.2 Å². The molecule has 13 heteroatoms. The fourth-order valence-corrected chi connectivity index (χ4v) is 5.39. The van der Waals surface area contributed by atoms with Crippen LogP contribution in [-0.2, 0) is 22.3 Å². The van der Waals surface area contributed by atoms with E-state index in [-0.39, 0.29) is 17.0 Å². The van der Waals surface area contributed by atoms with Crippen molar-refractivity contribution in [2.75, 3.05) is 19.0 Å². The number of rotatable bonds is 12. The summed E-state index contributed by atoms with van der Waals surface area (Å²) < 4.78 is 73.9. The van der Waals surface area contributed by atoms with E-state index in [1.165, 1.54) is 37.6 Å². The number of sulfonamides is 1. The van der Waals surface area contributed by atoms with Crippen molar-refractivity contribution in [2.24, 2.45) is 0 Å². The van der Waals surface area contributed by atoms with Crippen LogP contribution in [0.4, 0.5) is 19.3 Å². The Balaban J connectivity index is 1.23. The fourth-order valence-electron chi connectivity index (χ4n) is 4.35. The van der Waals surface area contributed by atoms with E-state index < -0.39 is 33.4 Å². The maximum Gasteiger partial charge on any atom is 0.332 e. The Hall–Kier alpha value is -5.17. The van der Waals surface area contributed by atoms with Crippen molar-refractivity contribution in [3.8, 4) is 23.0 Å². The number of carbonyl (C=O) groups excluding carboxylic acids is 1. The number of pyridine rings is 1. The summed E-state index contributed by atoms with van der Waals surface area (Å²) in [7, 11) is -2.59. The van der Waals surface area contributed by atoms with Gasteiger partial charge in [-0.1, -0.05) is 12.1 Å². The van der Waals surface area contributed by atoms with Gasteiger partial charge in [-0.25, -0.2) is 26.7 Å². The number of hydrogen-bond acceptors (Lipinski definition) is 7. The quantitative estimate of drug-likeness (QED) is 0.158. The molecule has 0 saturated carbocycles. The van der Waals surface area contributed by atoms with Crippen LogP contribution < -0.4 is 24.2 Å². The molecule has 0 aliphatic carbocycles. The van der Waals surface area contributed by atoms with Crippen molar-refractivity contribution in [1.29, 1.82) is 0 Å². The lowest BCUT2D eigenvalue weighted by molar-refractivity contribution is 0.256. The number of ether oxygens (including phenoxy) is 3. The standard InChI is InChI=1S/C31H28F2N4O6S/c1-41-29-18-24-26(19-30(29)42-16-4-15-37-13-2-3-14-37)34-12-11-27(24)43-28-10-9-23(17-25(28)33)35-31(38)36-44(39,40)20-21-5-7-22(32)8-6-21/h2-3,5-14,17-19H,4,15-16,20H2,1H3,(H2,35,36,38). The molecule has 2 N–H and O–H groups in total. The van der Waals surface area contributed by atoms with Gasteiger partial charge in [0.15, 0.2) is 23.1 Å². The second-order valence-corrected chi connectivity index (χ2v) is 11.4. The summed E-state index contributed by atoms with van der Waals surface area (Å²) >= 11 is 0. The molecule has 2 amide bonds. The van der Waals surface area contributed by atoms with E-state index in [1.807, 2.05) is 29.2 Å². The summed E-state index contributed by atoms with van der Waals surface area (Å²) in [6, 6.07) is 16.3. The Morgan fingerprint density at radius 3 is 2.43 bits per heavy atom. The smallest absolute Gasteiger partial charge is 0.332 e. The highest BCUT2D eigenvalue weighted by Crippen LogP contribution is 2.38. The zero-order valence-electron chi connectivity index (χ0n) is 23.5. The minimum atomic E-state index is -4.10. The zero-order valence-corrected chi connectivity index (χ0v) is 24.3. The number of hydrogen-bond donors (Lipinski definition) is 2. The molecule has 5 rings (SSSR count). The molecule has 0 spiro atoms. The van der Waals surface area contributed by atoms with Gasteiger partial charge in [0.1, 0.15) is 11.6 Å². The second-order valence-electron chi connectivity index (χ2n) is 9.64. The molecule has 0 atom stereocenters. The third-order valence-electron chi connectivity index (χ3n) is 6.40. The van der Waals surface area contributed by atoms with Crippen molar-refractivity contribution in [3.63, 3.8) is 0 Å². The van der Waals surface area contributed by atoms with E-state index >= 15 is 4.39 Å². The molecule has 0 bridgehead atoms. The van der Waals surface area contributed by atoms with Gasteiger partial charge >= 0.3 is 6.03 Å². The molecule has 0 saturated heterocycles. The first-order chi connectivity index (χ1) is 21.2. The van der Waals surface area contributed by atoms with Gasteiger partial charge in [-0.3, -0.25) is 4.98 Å². The highest BCUT2D eigenvalue weighted by molar-refractivity contribution is 7.89. The van der Waals surface area contributed by atoms with Crippen molar-refractivity contribution < 1.29 is 36.2 Å².